The Morgan fingerprint density at radius 2 is 0.808 bits per heavy atom. The summed E-state index contributed by atoms with van der Waals surface area (Å²) in [5.74, 6) is 2.26. The zero-order chi connectivity index (χ0) is 20.1. The second-order valence-electron chi connectivity index (χ2n) is 12.8. The first-order valence-electron chi connectivity index (χ1n) is 10.2. The summed E-state index contributed by atoms with van der Waals surface area (Å²) in [4.78, 5) is 0. The summed E-state index contributed by atoms with van der Waals surface area (Å²) in [6.45, 7) is 27.5. The van der Waals surface area contributed by atoms with Crippen LogP contribution in [0.1, 0.15) is 95.9 Å². The Kier molecular flexibility index (Phi) is 3.75. The molecule has 0 radical (unpaired) electrons. The minimum Gasteiger partial charge on any atom is -0.479 e. The average Bonchev–Trinajstić information content (AvgIpc) is 2.28. The van der Waals surface area contributed by atoms with Crippen molar-refractivity contribution in [1.82, 2.24) is 0 Å². The molecule has 1 fully saturated rings. The Balaban J connectivity index is 2.22. The van der Waals surface area contributed by atoms with E-state index in [0.29, 0.717) is 0 Å². The first-order valence-corrected chi connectivity index (χ1v) is 10.2. The van der Waals surface area contributed by atoms with E-state index in [-0.39, 0.29) is 32.9 Å². The van der Waals surface area contributed by atoms with Crippen molar-refractivity contribution in [3.63, 3.8) is 0 Å². The predicted octanol–water partition coefficient (Wildman–Crippen LogP) is 7.01. The van der Waals surface area contributed by atoms with Gasteiger partial charge in [0.05, 0.1) is 0 Å². The maximum atomic E-state index is 7.03. The summed E-state index contributed by atoms with van der Waals surface area (Å²) >= 11 is 0. The van der Waals surface area contributed by atoms with Gasteiger partial charge in [0, 0.05) is 23.7 Å². The van der Waals surface area contributed by atoms with E-state index in [1.54, 1.807) is 0 Å². The standard InChI is InChI=1S/C24H40O2/c1-19(2,3)15-13-23(21(7,8)9)17(15)25-24(22(10,11)12)14-16(18(24)26-23)20(4,5)6/h13-14H2,1-12H3/t23-,24+. The monoisotopic (exact) mass is 360 g/mol. The zero-order valence-electron chi connectivity index (χ0n) is 19.2. The molecule has 2 nitrogen and oxygen atoms in total. The van der Waals surface area contributed by atoms with Gasteiger partial charge in [-0.3, -0.25) is 0 Å². The van der Waals surface area contributed by atoms with E-state index in [1.807, 2.05) is 0 Å². The van der Waals surface area contributed by atoms with Crippen molar-refractivity contribution >= 4 is 0 Å². The molecule has 0 aromatic carbocycles. The normalized spacial score (nSPS) is 32.2. The summed E-state index contributed by atoms with van der Waals surface area (Å²) in [6, 6.07) is 0. The minimum absolute atomic E-state index is 0.00723. The maximum absolute atomic E-state index is 7.03. The lowest BCUT2D eigenvalue weighted by Gasteiger charge is -2.67. The van der Waals surface area contributed by atoms with Crippen LogP contribution in [0.15, 0.2) is 22.7 Å². The van der Waals surface area contributed by atoms with Crippen LogP contribution in [0.3, 0.4) is 0 Å². The summed E-state index contributed by atoms with van der Waals surface area (Å²) < 4.78 is 14.1. The molecule has 2 atom stereocenters. The topological polar surface area (TPSA) is 18.5 Å². The van der Waals surface area contributed by atoms with Gasteiger partial charge in [-0.05, 0) is 22.0 Å². The Morgan fingerprint density at radius 1 is 0.538 bits per heavy atom. The van der Waals surface area contributed by atoms with Gasteiger partial charge in [-0.2, -0.15) is 0 Å². The van der Waals surface area contributed by atoms with Crippen LogP contribution in [0.4, 0.5) is 0 Å². The first-order chi connectivity index (χ1) is 11.4. The zero-order valence-corrected chi connectivity index (χ0v) is 19.2. The summed E-state index contributed by atoms with van der Waals surface area (Å²) in [5.41, 5.74) is 2.43. The molecular formula is C24H40O2. The van der Waals surface area contributed by atoms with Gasteiger partial charge in [0.1, 0.15) is 11.5 Å². The highest BCUT2D eigenvalue weighted by Crippen LogP contribution is 2.69. The van der Waals surface area contributed by atoms with Gasteiger partial charge in [-0.25, -0.2) is 0 Å². The van der Waals surface area contributed by atoms with Gasteiger partial charge in [0.25, 0.3) is 0 Å². The molecule has 1 heterocycles. The molecule has 0 aromatic rings. The number of hydrogen-bond donors (Lipinski definition) is 0. The van der Waals surface area contributed by atoms with Crippen LogP contribution in [-0.2, 0) is 9.47 Å². The molecule has 2 heteroatoms. The van der Waals surface area contributed by atoms with Crippen LogP contribution >= 0.6 is 0 Å². The van der Waals surface area contributed by atoms with E-state index in [4.69, 9.17) is 9.47 Å². The maximum Gasteiger partial charge on any atom is 0.174 e. The van der Waals surface area contributed by atoms with E-state index >= 15 is 0 Å². The van der Waals surface area contributed by atoms with Crippen LogP contribution in [0.5, 0.6) is 0 Å². The predicted molar refractivity (Wildman–Crippen MR) is 109 cm³/mol. The number of rotatable bonds is 0. The molecule has 148 valence electrons. The van der Waals surface area contributed by atoms with Crippen molar-refractivity contribution in [3.8, 4) is 0 Å². The van der Waals surface area contributed by atoms with E-state index in [1.165, 1.54) is 11.1 Å². The molecule has 0 N–H and O–H groups in total. The number of hydrogen-bond acceptors (Lipinski definition) is 2. The molecule has 0 aromatic heterocycles. The van der Waals surface area contributed by atoms with Crippen LogP contribution < -0.4 is 0 Å². The van der Waals surface area contributed by atoms with E-state index in [9.17, 15) is 0 Å². The van der Waals surface area contributed by atoms with Gasteiger partial charge in [0.2, 0.25) is 0 Å². The molecule has 1 saturated heterocycles. The van der Waals surface area contributed by atoms with Gasteiger partial charge < -0.3 is 9.47 Å². The lowest BCUT2D eigenvalue weighted by atomic mass is 9.54. The third-order valence-corrected chi connectivity index (χ3v) is 6.92. The first kappa shape index (κ1) is 19.8. The number of ether oxygens (including phenoxy) is 2. The van der Waals surface area contributed by atoms with E-state index in [2.05, 4.69) is 83.1 Å². The molecule has 0 spiro atoms. The minimum atomic E-state index is -0.323. The van der Waals surface area contributed by atoms with Crippen molar-refractivity contribution < 1.29 is 9.47 Å². The van der Waals surface area contributed by atoms with E-state index < -0.39 is 0 Å². The van der Waals surface area contributed by atoms with Crippen molar-refractivity contribution in [2.45, 2.75) is 107 Å². The Labute approximate surface area is 161 Å². The molecular weight excluding hydrogens is 320 g/mol. The largest absolute Gasteiger partial charge is 0.479 e. The highest BCUT2D eigenvalue weighted by atomic mass is 16.6. The molecule has 26 heavy (non-hydrogen) atoms. The molecule has 1 aliphatic heterocycles. The van der Waals surface area contributed by atoms with Gasteiger partial charge in [-0.15, -0.1) is 0 Å². The number of fused-ring (bicyclic) bond motifs is 2. The van der Waals surface area contributed by atoms with E-state index in [0.717, 1.165) is 24.4 Å². The Bertz CT molecular complexity index is 632. The lowest BCUT2D eigenvalue weighted by molar-refractivity contribution is -0.250. The quantitative estimate of drug-likeness (QED) is 0.462. The fourth-order valence-electron chi connectivity index (χ4n) is 4.62. The highest BCUT2D eigenvalue weighted by molar-refractivity contribution is 5.49. The summed E-state index contributed by atoms with van der Waals surface area (Å²) in [7, 11) is 0. The van der Waals surface area contributed by atoms with Crippen LogP contribution in [0.2, 0.25) is 0 Å². The van der Waals surface area contributed by atoms with Crippen molar-refractivity contribution in [2.75, 3.05) is 0 Å². The third-order valence-electron chi connectivity index (χ3n) is 6.92. The summed E-state index contributed by atoms with van der Waals surface area (Å²) in [6.07, 6.45) is 1.94. The highest BCUT2D eigenvalue weighted by Gasteiger charge is 2.70. The molecule has 2 aliphatic carbocycles. The van der Waals surface area contributed by atoms with Gasteiger partial charge >= 0.3 is 0 Å². The van der Waals surface area contributed by atoms with Gasteiger partial charge in [0.15, 0.2) is 11.2 Å². The van der Waals surface area contributed by atoms with Crippen LogP contribution in [0, 0.1) is 21.7 Å². The SMILES string of the molecule is CC(C)(C)C1=C2O[C@]3(C(C)(C)C)CC(C(C)(C)C)=C3O[C@@]2(C(C)(C)C)C1. The Morgan fingerprint density at radius 3 is 1.00 bits per heavy atom. The summed E-state index contributed by atoms with van der Waals surface area (Å²) in [5, 5.41) is 0. The molecule has 0 unspecified atom stereocenters. The van der Waals surface area contributed by atoms with Crippen LogP contribution in [0.25, 0.3) is 0 Å². The second kappa shape index (κ2) is 4.92. The van der Waals surface area contributed by atoms with Crippen molar-refractivity contribution in [3.05, 3.63) is 22.7 Å². The molecule has 0 amide bonds. The Hall–Kier alpha value is -0.920. The fraction of sp³-hybridized carbons (Fsp3) is 0.833. The molecule has 3 rings (SSSR count). The van der Waals surface area contributed by atoms with Crippen LogP contribution in [-0.4, -0.2) is 11.2 Å². The molecule has 3 aliphatic rings. The van der Waals surface area contributed by atoms with Crippen molar-refractivity contribution in [1.29, 1.82) is 0 Å². The molecule has 0 bridgehead atoms. The molecule has 0 saturated carbocycles. The fourth-order valence-corrected chi connectivity index (χ4v) is 4.62. The van der Waals surface area contributed by atoms with Crippen molar-refractivity contribution in [2.24, 2.45) is 21.7 Å². The third kappa shape index (κ3) is 2.36. The van der Waals surface area contributed by atoms with Gasteiger partial charge in [-0.1, -0.05) is 83.1 Å². The second-order valence-corrected chi connectivity index (χ2v) is 12.8. The smallest absolute Gasteiger partial charge is 0.174 e. The lowest BCUT2D eigenvalue weighted by Crippen LogP contribution is -2.68. The average molecular weight is 361 g/mol.